The molecule has 1 aromatic heterocycles. The number of aromatic nitrogens is 1. The van der Waals surface area contributed by atoms with Crippen molar-refractivity contribution in [3.8, 4) is 5.75 Å². The third kappa shape index (κ3) is 7.09. The summed E-state index contributed by atoms with van der Waals surface area (Å²) in [5.74, 6) is 1.28. The van der Waals surface area contributed by atoms with Gasteiger partial charge in [0.05, 0.1) is 12.7 Å². The molecule has 1 aromatic carbocycles. The van der Waals surface area contributed by atoms with Crippen molar-refractivity contribution in [1.29, 1.82) is 0 Å². The summed E-state index contributed by atoms with van der Waals surface area (Å²) in [4.78, 5) is 18.7. The summed E-state index contributed by atoms with van der Waals surface area (Å²) in [5.41, 5.74) is 0.470. The van der Waals surface area contributed by atoms with Crippen molar-refractivity contribution in [2.45, 2.75) is 12.8 Å². The molecule has 1 N–H and O–H groups in total. The molecule has 150 valence electrons. The smallest absolute Gasteiger partial charge is 0.256 e. The van der Waals surface area contributed by atoms with Gasteiger partial charge in [0.25, 0.3) is 5.91 Å². The molecule has 1 amide bonds. The third-order valence-electron chi connectivity index (χ3n) is 4.09. The molecule has 1 saturated heterocycles. The number of ether oxygens (including phenoxy) is 1. The Morgan fingerprint density at radius 3 is 2.61 bits per heavy atom. The minimum atomic E-state index is -0.168. The van der Waals surface area contributed by atoms with E-state index < -0.39 is 0 Å². The van der Waals surface area contributed by atoms with Gasteiger partial charge in [-0.3, -0.25) is 4.79 Å². The topological polar surface area (TPSA) is 54.5 Å². The molecule has 28 heavy (non-hydrogen) atoms. The molecular weight excluding hydrogens is 394 g/mol. The molecule has 2 heterocycles. The molecule has 3 rings (SSSR count). The van der Waals surface area contributed by atoms with Gasteiger partial charge in [0.15, 0.2) is 0 Å². The number of rotatable bonds is 6. The van der Waals surface area contributed by atoms with Crippen molar-refractivity contribution in [1.82, 2.24) is 10.3 Å². The highest BCUT2D eigenvalue weighted by atomic mass is 35.5. The number of pyridine rings is 1. The molecule has 1 aliphatic rings. The molecule has 2 aromatic rings. The highest BCUT2D eigenvalue weighted by Crippen LogP contribution is 2.25. The van der Waals surface area contributed by atoms with Crippen LogP contribution in [0.25, 0.3) is 0 Å². The third-order valence-corrected chi connectivity index (χ3v) is 4.81. The number of methoxy groups -OCH3 is 1. The molecule has 1 aliphatic heterocycles. The van der Waals surface area contributed by atoms with E-state index in [0.717, 1.165) is 23.9 Å². The number of nitrogens with zero attached hydrogens (tertiary/aromatic N) is 2. The first-order valence-corrected chi connectivity index (χ1v) is 10.8. The van der Waals surface area contributed by atoms with Crippen LogP contribution in [0.15, 0.2) is 54.1 Å². The fraction of sp³-hybridized carbons (Fsp3) is 0.333. The summed E-state index contributed by atoms with van der Waals surface area (Å²) in [5, 5.41) is 5.56. The van der Waals surface area contributed by atoms with E-state index in [1.807, 2.05) is 54.1 Å². The fourth-order valence-electron chi connectivity index (χ4n) is 2.69. The van der Waals surface area contributed by atoms with E-state index in [-0.39, 0.29) is 5.91 Å². The van der Waals surface area contributed by atoms with Crippen molar-refractivity contribution in [2.75, 3.05) is 37.9 Å². The molecule has 0 atom stereocenters. The molecule has 0 saturated carbocycles. The first kappa shape index (κ1) is 22.1. The van der Waals surface area contributed by atoms with Gasteiger partial charge in [-0.2, -0.15) is 0 Å². The predicted octanol–water partition coefficient (Wildman–Crippen LogP) is 4.64. The lowest BCUT2D eigenvalue weighted by atomic mass is 10.2. The largest absolute Gasteiger partial charge is 0.496 e. The van der Waals surface area contributed by atoms with Crippen LogP contribution in [-0.4, -0.2) is 43.9 Å². The standard InChI is InChI=1S/C15H21N3O2S.C6H5Cl/c1-20-13-10-14(18-7-3-4-8-18)17-11-12(13)15(19)16-6-5-9-21-2;7-6-4-2-1-3-5-6/h5,9-11H,3-4,6-8H2,1-2H3,(H,16,19);1-5H/b9-5+;. The summed E-state index contributed by atoms with van der Waals surface area (Å²) >= 11 is 7.14. The van der Waals surface area contributed by atoms with Crippen LogP contribution in [0.4, 0.5) is 5.82 Å². The molecule has 1 fully saturated rings. The van der Waals surface area contributed by atoms with Gasteiger partial charge in [0.2, 0.25) is 0 Å². The highest BCUT2D eigenvalue weighted by Gasteiger charge is 2.18. The zero-order valence-corrected chi connectivity index (χ0v) is 17.8. The Bertz CT molecular complexity index is 766. The van der Waals surface area contributed by atoms with Gasteiger partial charge in [-0.25, -0.2) is 4.98 Å². The van der Waals surface area contributed by atoms with Crippen LogP contribution >= 0.6 is 23.4 Å². The van der Waals surface area contributed by atoms with Crippen molar-refractivity contribution in [3.63, 3.8) is 0 Å². The molecule has 0 aliphatic carbocycles. The van der Waals surface area contributed by atoms with Crippen molar-refractivity contribution < 1.29 is 9.53 Å². The first-order chi connectivity index (χ1) is 13.7. The average Bonchev–Trinajstić information content (AvgIpc) is 3.26. The lowest BCUT2D eigenvalue weighted by Crippen LogP contribution is -2.25. The normalized spacial score (nSPS) is 13.2. The Balaban J connectivity index is 0.000000336. The summed E-state index contributed by atoms with van der Waals surface area (Å²) in [6.07, 6.45) is 7.85. The Kier molecular flexibility index (Phi) is 9.72. The number of hydrogen-bond donors (Lipinski definition) is 1. The minimum absolute atomic E-state index is 0.168. The van der Waals surface area contributed by atoms with Crippen LogP contribution in [0.3, 0.4) is 0 Å². The zero-order valence-electron chi connectivity index (χ0n) is 16.2. The number of thioether (sulfide) groups is 1. The molecule has 5 nitrogen and oxygen atoms in total. The lowest BCUT2D eigenvalue weighted by Gasteiger charge is -2.18. The van der Waals surface area contributed by atoms with E-state index in [1.54, 1.807) is 25.1 Å². The lowest BCUT2D eigenvalue weighted by molar-refractivity contribution is 0.0954. The maximum absolute atomic E-state index is 12.1. The first-order valence-electron chi connectivity index (χ1n) is 9.11. The molecule has 0 unspecified atom stereocenters. The van der Waals surface area contributed by atoms with E-state index in [9.17, 15) is 4.79 Å². The quantitative estimate of drug-likeness (QED) is 0.739. The van der Waals surface area contributed by atoms with Gasteiger partial charge < -0.3 is 15.0 Å². The molecule has 7 heteroatoms. The summed E-state index contributed by atoms with van der Waals surface area (Å²) in [6, 6.07) is 11.3. The maximum Gasteiger partial charge on any atom is 0.256 e. The monoisotopic (exact) mass is 419 g/mol. The molecule has 0 radical (unpaired) electrons. The zero-order chi connectivity index (χ0) is 20.2. The molecule has 0 bridgehead atoms. The number of hydrogen-bond acceptors (Lipinski definition) is 5. The van der Waals surface area contributed by atoms with E-state index in [1.165, 1.54) is 12.8 Å². The maximum atomic E-state index is 12.1. The van der Waals surface area contributed by atoms with E-state index >= 15 is 0 Å². The molecular formula is C21H26ClN3O2S. The Hall–Kier alpha value is -2.18. The number of halogens is 1. The number of carbonyl (C=O) groups is 1. The van der Waals surface area contributed by atoms with Gasteiger partial charge in [-0.1, -0.05) is 35.9 Å². The average molecular weight is 420 g/mol. The number of amides is 1. The highest BCUT2D eigenvalue weighted by molar-refractivity contribution is 8.01. The number of carbonyl (C=O) groups excluding carboxylic acids is 1. The van der Waals surface area contributed by atoms with Crippen LogP contribution < -0.4 is 15.0 Å². The van der Waals surface area contributed by atoms with Crippen molar-refractivity contribution >= 4 is 35.1 Å². The predicted molar refractivity (Wildman–Crippen MR) is 119 cm³/mol. The van der Waals surface area contributed by atoms with E-state index in [0.29, 0.717) is 17.9 Å². The summed E-state index contributed by atoms with van der Waals surface area (Å²) < 4.78 is 5.34. The summed E-state index contributed by atoms with van der Waals surface area (Å²) in [6.45, 7) is 2.53. The Labute approximate surface area is 176 Å². The van der Waals surface area contributed by atoms with Gasteiger partial charge in [0.1, 0.15) is 11.6 Å². The second-order valence-corrected chi connectivity index (χ2v) is 7.23. The number of nitrogens with one attached hydrogen (secondary N) is 1. The minimum Gasteiger partial charge on any atom is -0.496 e. The second kappa shape index (κ2) is 12.3. The Morgan fingerprint density at radius 1 is 1.32 bits per heavy atom. The number of benzene rings is 1. The second-order valence-electron chi connectivity index (χ2n) is 6.05. The van der Waals surface area contributed by atoms with Crippen LogP contribution in [-0.2, 0) is 0 Å². The summed E-state index contributed by atoms with van der Waals surface area (Å²) in [7, 11) is 1.58. The van der Waals surface area contributed by atoms with Crippen molar-refractivity contribution in [3.05, 3.63) is 64.7 Å². The SMILES string of the molecule is COc1cc(N2CCCC2)ncc1C(=O)NC/C=C/SC.Clc1ccccc1. The van der Waals surface area contributed by atoms with Crippen LogP contribution in [0.1, 0.15) is 23.2 Å². The van der Waals surface area contributed by atoms with Crippen molar-refractivity contribution in [2.24, 2.45) is 0 Å². The van der Waals surface area contributed by atoms with Gasteiger partial charge >= 0.3 is 0 Å². The van der Waals surface area contributed by atoms with Gasteiger partial charge in [-0.05, 0) is 36.6 Å². The van der Waals surface area contributed by atoms with Crippen LogP contribution in [0, 0.1) is 0 Å². The van der Waals surface area contributed by atoms with E-state index in [4.69, 9.17) is 16.3 Å². The molecule has 0 spiro atoms. The fourth-order valence-corrected chi connectivity index (χ4v) is 3.13. The van der Waals surface area contributed by atoms with Crippen LogP contribution in [0.5, 0.6) is 5.75 Å². The van der Waals surface area contributed by atoms with E-state index in [2.05, 4.69) is 15.2 Å². The Morgan fingerprint density at radius 2 is 2.04 bits per heavy atom. The van der Waals surface area contributed by atoms with Gasteiger partial charge in [0, 0.05) is 36.9 Å². The number of anilines is 1. The van der Waals surface area contributed by atoms with Gasteiger partial charge in [-0.15, -0.1) is 11.8 Å². The van der Waals surface area contributed by atoms with Crippen LogP contribution in [0.2, 0.25) is 5.02 Å².